The van der Waals surface area contributed by atoms with E-state index < -0.39 is 10.0 Å². The Morgan fingerprint density at radius 3 is 2.60 bits per heavy atom. The zero-order valence-corrected chi connectivity index (χ0v) is 13.5. The molecular formula is C15H24N2O2S. The van der Waals surface area contributed by atoms with Crippen LogP contribution < -0.4 is 5.32 Å². The first-order valence-electron chi connectivity index (χ1n) is 7.19. The first-order chi connectivity index (χ1) is 9.34. The molecule has 1 aliphatic heterocycles. The molecule has 0 saturated heterocycles. The van der Waals surface area contributed by atoms with E-state index in [1.807, 2.05) is 26.8 Å². The van der Waals surface area contributed by atoms with Gasteiger partial charge in [-0.25, -0.2) is 8.42 Å². The minimum Gasteiger partial charge on any atom is -0.385 e. The van der Waals surface area contributed by atoms with Crippen LogP contribution in [0.2, 0.25) is 0 Å². The Labute approximate surface area is 122 Å². The molecule has 1 aromatic rings. The van der Waals surface area contributed by atoms with E-state index in [0.29, 0.717) is 4.90 Å². The zero-order valence-electron chi connectivity index (χ0n) is 12.7. The molecule has 1 unspecified atom stereocenters. The minimum absolute atomic E-state index is 0.0241. The fraction of sp³-hybridized carbons (Fsp3) is 0.600. The Morgan fingerprint density at radius 2 is 1.95 bits per heavy atom. The molecule has 1 aliphatic rings. The third-order valence-corrected chi connectivity index (χ3v) is 6.18. The number of benzene rings is 1. The summed E-state index contributed by atoms with van der Waals surface area (Å²) in [4.78, 5) is 0.376. The molecule has 0 fully saturated rings. The summed E-state index contributed by atoms with van der Waals surface area (Å²) in [6, 6.07) is 5.41. The smallest absolute Gasteiger partial charge is 0.243 e. The van der Waals surface area contributed by atoms with Gasteiger partial charge in [0.05, 0.1) is 4.90 Å². The lowest BCUT2D eigenvalue weighted by Gasteiger charge is -2.28. The molecule has 1 heterocycles. The molecule has 112 valence electrons. The highest BCUT2D eigenvalue weighted by atomic mass is 32.2. The van der Waals surface area contributed by atoms with E-state index in [-0.39, 0.29) is 12.0 Å². The fourth-order valence-electron chi connectivity index (χ4n) is 2.41. The van der Waals surface area contributed by atoms with Gasteiger partial charge in [-0.1, -0.05) is 19.9 Å². The molecule has 0 amide bonds. The van der Waals surface area contributed by atoms with Gasteiger partial charge >= 0.3 is 0 Å². The van der Waals surface area contributed by atoms with Crippen LogP contribution in [0.3, 0.4) is 0 Å². The summed E-state index contributed by atoms with van der Waals surface area (Å²) in [5.41, 5.74) is 2.16. The van der Waals surface area contributed by atoms with Crippen molar-refractivity contribution in [3.63, 3.8) is 0 Å². The second kappa shape index (κ2) is 5.74. The van der Waals surface area contributed by atoms with E-state index in [1.54, 1.807) is 19.2 Å². The highest BCUT2D eigenvalue weighted by Crippen LogP contribution is 2.27. The molecule has 0 saturated carbocycles. The average molecular weight is 296 g/mol. The topological polar surface area (TPSA) is 49.4 Å². The van der Waals surface area contributed by atoms with Gasteiger partial charge in [0.1, 0.15) is 0 Å². The van der Waals surface area contributed by atoms with E-state index >= 15 is 0 Å². The summed E-state index contributed by atoms with van der Waals surface area (Å²) >= 11 is 0. The second-order valence-electron chi connectivity index (χ2n) is 5.86. The molecule has 0 radical (unpaired) electrons. The Kier molecular flexibility index (Phi) is 4.39. The molecular weight excluding hydrogens is 272 g/mol. The highest BCUT2D eigenvalue weighted by molar-refractivity contribution is 7.89. The van der Waals surface area contributed by atoms with Gasteiger partial charge in [-0.05, 0) is 43.4 Å². The predicted octanol–water partition coefficient (Wildman–Crippen LogP) is 2.71. The van der Waals surface area contributed by atoms with Crippen molar-refractivity contribution >= 4 is 15.7 Å². The monoisotopic (exact) mass is 296 g/mol. The van der Waals surface area contributed by atoms with Gasteiger partial charge in [-0.3, -0.25) is 0 Å². The maximum absolute atomic E-state index is 12.7. The number of sulfonamides is 1. The van der Waals surface area contributed by atoms with Crippen molar-refractivity contribution in [2.45, 2.75) is 44.6 Å². The van der Waals surface area contributed by atoms with Crippen LogP contribution in [0.25, 0.3) is 0 Å². The van der Waals surface area contributed by atoms with Crippen LogP contribution in [-0.2, 0) is 16.4 Å². The quantitative estimate of drug-likeness (QED) is 0.929. The highest BCUT2D eigenvalue weighted by Gasteiger charge is 2.27. The van der Waals surface area contributed by atoms with Crippen molar-refractivity contribution in [2.24, 2.45) is 5.92 Å². The number of fused-ring (bicyclic) bond motifs is 1. The fourth-order valence-corrected chi connectivity index (χ4v) is 3.93. The first kappa shape index (κ1) is 15.3. The second-order valence-corrected chi connectivity index (χ2v) is 7.85. The number of nitrogens with one attached hydrogen (secondary N) is 1. The lowest BCUT2D eigenvalue weighted by Crippen LogP contribution is -2.38. The maximum atomic E-state index is 12.7. The van der Waals surface area contributed by atoms with Gasteiger partial charge in [0.15, 0.2) is 0 Å². The van der Waals surface area contributed by atoms with Gasteiger partial charge < -0.3 is 5.32 Å². The van der Waals surface area contributed by atoms with Crippen LogP contribution in [-0.4, -0.2) is 32.4 Å². The van der Waals surface area contributed by atoms with E-state index in [4.69, 9.17) is 0 Å². The van der Waals surface area contributed by atoms with Gasteiger partial charge in [0.2, 0.25) is 10.0 Å². The Bertz CT molecular complexity index is 582. The SMILES string of the molecule is CC(C)C(C)N(C)S(=O)(=O)c1ccc2c(c1)NCCC2. The van der Waals surface area contributed by atoms with Crippen molar-refractivity contribution in [1.29, 1.82) is 0 Å². The summed E-state index contributed by atoms with van der Waals surface area (Å²) < 4.78 is 26.8. The lowest BCUT2D eigenvalue weighted by molar-refractivity contribution is 0.316. The van der Waals surface area contributed by atoms with E-state index in [2.05, 4.69) is 5.32 Å². The number of rotatable bonds is 4. The van der Waals surface area contributed by atoms with Crippen molar-refractivity contribution in [3.05, 3.63) is 23.8 Å². The number of hydrogen-bond acceptors (Lipinski definition) is 3. The number of aryl methyl sites for hydroxylation is 1. The molecule has 0 aliphatic carbocycles. The summed E-state index contributed by atoms with van der Waals surface area (Å²) in [6.07, 6.45) is 2.12. The van der Waals surface area contributed by atoms with Crippen LogP contribution in [0.4, 0.5) is 5.69 Å². The van der Waals surface area contributed by atoms with Crippen LogP contribution in [0.5, 0.6) is 0 Å². The first-order valence-corrected chi connectivity index (χ1v) is 8.63. The molecule has 20 heavy (non-hydrogen) atoms. The molecule has 0 aromatic heterocycles. The van der Waals surface area contributed by atoms with E-state index in [9.17, 15) is 8.42 Å². The third-order valence-electron chi connectivity index (χ3n) is 4.24. The Morgan fingerprint density at radius 1 is 1.25 bits per heavy atom. The average Bonchev–Trinajstić information content (AvgIpc) is 2.44. The largest absolute Gasteiger partial charge is 0.385 e. The molecule has 1 aromatic carbocycles. The molecule has 1 N–H and O–H groups in total. The summed E-state index contributed by atoms with van der Waals surface area (Å²) in [7, 11) is -1.76. The summed E-state index contributed by atoms with van der Waals surface area (Å²) in [5.74, 6) is 0.283. The molecule has 2 rings (SSSR count). The van der Waals surface area contributed by atoms with Gasteiger partial charge in [0.25, 0.3) is 0 Å². The van der Waals surface area contributed by atoms with Crippen molar-refractivity contribution in [2.75, 3.05) is 18.9 Å². The van der Waals surface area contributed by atoms with Gasteiger partial charge in [-0.15, -0.1) is 0 Å². The number of hydrogen-bond donors (Lipinski definition) is 1. The molecule has 1 atom stereocenters. The van der Waals surface area contributed by atoms with Crippen LogP contribution in [0.15, 0.2) is 23.1 Å². The lowest BCUT2D eigenvalue weighted by atomic mass is 10.0. The zero-order chi connectivity index (χ0) is 14.9. The maximum Gasteiger partial charge on any atom is 0.243 e. The van der Waals surface area contributed by atoms with Crippen LogP contribution >= 0.6 is 0 Å². The molecule has 0 spiro atoms. The Balaban J connectivity index is 2.34. The molecule has 0 bridgehead atoms. The Hall–Kier alpha value is -1.07. The van der Waals surface area contributed by atoms with E-state index in [0.717, 1.165) is 25.1 Å². The number of anilines is 1. The van der Waals surface area contributed by atoms with Gasteiger partial charge in [0, 0.05) is 25.3 Å². The third kappa shape index (κ3) is 2.83. The molecule has 4 nitrogen and oxygen atoms in total. The number of nitrogens with zero attached hydrogens (tertiary/aromatic N) is 1. The van der Waals surface area contributed by atoms with Crippen molar-refractivity contribution in [3.8, 4) is 0 Å². The van der Waals surface area contributed by atoms with Crippen LogP contribution in [0, 0.1) is 5.92 Å². The van der Waals surface area contributed by atoms with Crippen molar-refractivity contribution < 1.29 is 8.42 Å². The summed E-state index contributed by atoms with van der Waals surface area (Å²) in [5, 5.41) is 3.28. The van der Waals surface area contributed by atoms with Gasteiger partial charge in [-0.2, -0.15) is 4.31 Å². The normalized spacial score (nSPS) is 16.9. The minimum atomic E-state index is -3.42. The predicted molar refractivity (Wildman–Crippen MR) is 82.5 cm³/mol. The van der Waals surface area contributed by atoms with Crippen LogP contribution in [0.1, 0.15) is 32.8 Å². The standard InChI is InChI=1S/C15H24N2O2S/c1-11(2)12(3)17(4)20(18,19)14-8-7-13-6-5-9-16-15(13)10-14/h7-8,10-12,16H,5-6,9H2,1-4H3. The summed E-state index contributed by atoms with van der Waals surface area (Å²) in [6.45, 7) is 6.92. The molecule has 5 heteroatoms. The van der Waals surface area contributed by atoms with E-state index in [1.165, 1.54) is 9.87 Å². The van der Waals surface area contributed by atoms with Crippen molar-refractivity contribution in [1.82, 2.24) is 4.31 Å².